The molecule has 0 amide bonds. The molecule has 0 radical (unpaired) electrons. The second-order valence-corrected chi connectivity index (χ2v) is 6.13. The highest BCUT2D eigenvalue weighted by molar-refractivity contribution is 5.76. The molecule has 0 aliphatic carbocycles. The van der Waals surface area contributed by atoms with Gasteiger partial charge in [0.1, 0.15) is 5.82 Å². The Bertz CT molecular complexity index is 686. The van der Waals surface area contributed by atoms with Crippen molar-refractivity contribution in [1.82, 2.24) is 20.2 Å². The van der Waals surface area contributed by atoms with Crippen LogP contribution in [0.2, 0.25) is 0 Å². The third kappa shape index (κ3) is 3.27. The van der Waals surface area contributed by atoms with Crippen molar-refractivity contribution in [2.75, 3.05) is 32.9 Å². The van der Waals surface area contributed by atoms with Gasteiger partial charge in [0.05, 0.1) is 42.4 Å². The van der Waals surface area contributed by atoms with E-state index in [1.54, 1.807) is 31.2 Å². The third-order valence-corrected chi connectivity index (χ3v) is 4.38. The molecular formula is C16H22F2N4O2. The maximum atomic E-state index is 13.5. The third-order valence-electron chi connectivity index (χ3n) is 4.38. The lowest BCUT2D eigenvalue weighted by Gasteiger charge is -2.37. The van der Waals surface area contributed by atoms with Crippen LogP contribution in [0.1, 0.15) is 25.3 Å². The van der Waals surface area contributed by atoms with E-state index >= 15 is 0 Å². The number of morpholine rings is 1. The number of imidazole rings is 1. The van der Waals surface area contributed by atoms with E-state index < -0.39 is 18.1 Å². The highest BCUT2D eigenvalue weighted by Crippen LogP contribution is 2.26. The first-order valence-corrected chi connectivity index (χ1v) is 7.98. The second-order valence-electron chi connectivity index (χ2n) is 6.13. The second kappa shape index (κ2) is 7.10. The average molecular weight is 340 g/mol. The topological polar surface area (TPSA) is 71.3 Å². The van der Waals surface area contributed by atoms with Crippen molar-refractivity contribution in [3.63, 3.8) is 0 Å². The molecule has 0 saturated carbocycles. The number of hydrogen-bond acceptors (Lipinski definition) is 5. The molecule has 3 N–H and O–H groups in total. The van der Waals surface area contributed by atoms with Crippen LogP contribution in [0.5, 0.6) is 0 Å². The monoisotopic (exact) mass is 340 g/mol. The number of nitrogens with one attached hydrogen (secondary N) is 2. The molecule has 1 aromatic carbocycles. The van der Waals surface area contributed by atoms with Gasteiger partial charge in [-0.05, 0) is 19.1 Å². The molecule has 1 aliphatic heterocycles. The van der Waals surface area contributed by atoms with Gasteiger partial charge >= 0.3 is 6.55 Å². The molecule has 2 heterocycles. The summed E-state index contributed by atoms with van der Waals surface area (Å²) in [7, 11) is 0. The van der Waals surface area contributed by atoms with Crippen LogP contribution in [-0.4, -0.2) is 53.1 Å². The Hall–Kier alpha value is -1.61. The van der Waals surface area contributed by atoms with Crippen molar-refractivity contribution in [2.45, 2.75) is 25.1 Å². The van der Waals surface area contributed by atoms with Crippen LogP contribution in [0.25, 0.3) is 11.0 Å². The summed E-state index contributed by atoms with van der Waals surface area (Å²) in [4.78, 5) is 4.35. The smallest absolute Gasteiger partial charge is 0.320 e. The van der Waals surface area contributed by atoms with Crippen LogP contribution in [0.15, 0.2) is 24.3 Å². The van der Waals surface area contributed by atoms with E-state index in [4.69, 9.17) is 4.74 Å². The van der Waals surface area contributed by atoms with Crippen LogP contribution in [0.3, 0.4) is 0 Å². The number of halogens is 2. The SMILES string of the molecule is CC(NCC1(CO)COCCN1)c1nc2ccccc2n1C(F)F. The summed E-state index contributed by atoms with van der Waals surface area (Å²) in [5.74, 6) is 0.274. The average Bonchev–Trinajstić information content (AvgIpc) is 3.00. The summed E-state index contributed by atoms with van der Waals surface area (Å²) >= 11 is 0. The minimum absolute atomic E-state index is 0.0992. The number of aromatic nitrogens is 2. The van der Waals surface area contributed by atoms with Gasteiger partial charge < -0.3 is 20.5 Å². The lowest BCUT2D eigenvalue weighted by molar-refractivity contribution is -0.00176. The molecule has 2 unspecified atom stereocenters. The van der Waals surface area contributed by atoms with E-state index in [0.717, 1.165) is 4.57 Å². The highest BCUT2D eigenvalue weighted by Gasteiger charge is 2.33. The lowest BCUT2D eigenvalue weighted by Crippen LogP contribution is -2.62. The predicted octanol–water partition coefficient (Wildman–Crippen LogP) is 1.43. The fourth-order valence-corrected chi connectivity index (χ4v) is 2.99. The Labute approximate surface area is 138 Å². The van der Waals surface area contributed by atoms with Crippen molar-refractivity contribution in [1.29, 1.82) is 0 Å². The predicted molar refractivity (Wildman–Crippen MR) is 86.0 cm³/mol. The van der Waals surface area contributed by atoms with Gasteiger partial charge in [-0.15, -0.1) is 0 Å². The molecular weight excluding hydrogens is 318 g/mol. The fourth-order valence-electron chi connectivity index (χ4n) is 2.99. The van der Waals surface area contributed by atoms with E-state index in [-0.39, 0.29) is 12.4 Å². The molecule has 1 saturated heterocycles. The van der Waals surface area contributed by atoms with Gasteiger partial charge in [-0.3, -0.25) is 4.57 Å². The molecule has 1 aromatic heterocycles. The summed E-state index contributed by atoms with van der Waals surface area (Å²) < 4.78 is 33.4. The standard InChI is InChI=1S/C16H22F2N4O2/c1-11(19-8-16(9-23)10-24-7-6-20-16)14-21-12-4-2-3-5-13(12)22(14)15(17)18/h2-5,11,15,19-20,23H,6-10H2,1H3. The highest BCUT2D eigenvalue weighted by atomic mass is 19.3. The van der Waals surface area contributed by atoms with Gasteiger partial charge in [-0.2, -0.15) is 8.78 Å². The Kier molecular flexibility index (Phi) is 5.09. The number of para-hydroxylation sites is 2. The molecule has 6 nitrogen and oxygen atoms in total. The normalized spacial score (nSPS) is 23.0. The van der Waals surface area contributed by atoms with Crippen molar-refractivity contribution < 1.29 is 18.6 Å². The zero-order valence-electron chi connectivity index (χ0n) is 13.5. The number of ether oxygens (including phenoxy) is 1. The summed E-state index contributed by atoms with van der Waals surface area (Å²) in [6.07, 6.45) is 0. The molecule has 0 spiro atoms. The molecule has 2 atom stereocenters. The maximum Gasteiger partial charge on any atom is 0.320 e. The Morgan fingerprint density at radius 1 is 1.46 bits per heavy atom. The molecule has 1 aliphatic rings. The number of fused-ring (bicyclic) bond motifs is 1. The summed E-state index contributed by atoms with van der Waals surface area (Å²) in [6.45, 7) is 1.02. The van der Waals surface area contributed by atoms with Crippen LogP contribution in [0, 0.1) is 0 Å². The Morgan fingerprint density at radius 3 is 2.92 bits per heavy atom. The quantitative estimate of drug-likeness (QED) is 0.742. The Morgan fingerprint density at radius 2 is 2.25 bits per heavy atom. The van der Waals surface area contributed by atoms with Gasteiger partial charge in [-0.25, -0.2) is 4.98 Å². The molecule has 24 heavy (non-hydrogen) atoms. The van der Waals surface area contributed by atoms with Crippen LogP contribution >= 0.6 is 0 Å². The molecule has 132 valence electrons. The number of hydrogen-bond donors (Lipinski definition) is 3. The van der Waals surface area contributed by atoms with Gasteiger partial charge in [0.2, 0.25) is 0 Å². The van der Waals surface area contributed by atoms with Crippen LogP contribution in [-0.2, 0) is 4.74 Å². The van der Waals surface area contributed by atoms with Gasteiger partial charge in [-0.1, -0.05) is 12.1 Å². The van der Waals surface area contributed by atoms with Gasteiger partial charge in [0.15, 0.2) is 0 Å². The summed E-state index contributed by atoms with van der Waals surface area (Å²) in [5.41, 5.74) is 0.346. The zero-order chi connectivity index (χ0) is 17.2. The molecule has 2 aromatic rings. The first kappa shape index (κ1) is 17.2. The molecule has 3 rings (SSSR count). The number of aliphatic hydroxyl groups is 1. The molecule has 0 bridgehead atoms. The number of alkyl halides is 2. The minimum Gasteiger partial charge on any atom is -0.394 e. The van der Waals surface area contributed by atoms with Gasteiger partial charge in [0, 0.05) is 13.1 Å². The van der Waals surface area contributed by atoms with Crippen molar-refractivity contribution in [2.24, 2.45) is 0 Å². The zero-order valence-corrected chi connectivity index (χ0v) is 13.5. The van der Waals surface area contributed by atoms with E-state index in [1.807, 2.05) is 0 Å². The number of rotatable bonds is 6. The minimum atomic E-state index is -2.67. The number of nitrogens with zero attached hydrogens (tertiary/aromatic N) is 2. The van der Waals surface area contributed by atoms with Crippen LogP contribution in [0.4, 0.5) is 8.78 Å². The molecule has 1 fully saturated rings. The van der Waals surface area contributed by atoms with E-state index in [0.29, 0.717) is 37.3 Å². The number of aliphatic hydroxyl groups excluding tert-OH is 1. The fraction of sp³-hybridized carbons (Fsp3) is 0.562. The largest absolute Gasteiger partial charge is 0.394 e. The molecule has 8 heteroatoms. The number of benzene rings is 1. The first-order valence-electron chi connectivity index (χ1n) is 7.98. The first-order chi connectivity index (χ1) is 11.6. The maximum absolute atomic E-state index is 13.5. The van der Waals surface area contributed by atoms with Crippen molar-refractivity contribution in [3.8, 4) is 0 Å². The lowest BCUT2D eigenvalue weighted by atomic mass is 10.0. The van der Waals surface area contributed by atoms with Crippen molar-refractivity contribution in [3.05, 3.63) is 30.1 Å². The Balaban J connectivity index is 1.81. The van der Waals surface area contributed by atoms with Crippen molar-refractivity contribution >= 4 is 11.0 Å². The van der Waals surface area contributed by atoms with E-state index in [9.17, 15) is 13.9 Å². The van der Waals surface area contributed by atoms with Crippen LogP contribution < -0.4 is 10.6 Å². The van der Waals surface area contributed by atoms with Gasteiger partial charge in [0.25, 0.3) is 0 Å². The summed E-state index contributed by atoms with van der Waals surface area (Å²) in [5, 5.41) is 16.1. The van der Waals surface area contributed by atoms with E-state index in [1.165, 1.54) is 0 Å². The van der Waals surface area contributed by atoms with E-state index in [2.05, 4.69) is 15.6 Å². The summed E-state index contributed by atoms with van der Waals surface area (Å²) in [6, 6.07) is 6.44.